The lowest BCUT2D eigenvalue weighted by Gasteiger charge is -2.26. The van der Waals surface area contributed by atoms with Crippen molar-refractivity contribution in [3.63, 3.8) is 0 Å². The van der Waals surface area contributed by atoms with Gasteiger partial charge in [0.15, 0.2) is 0 Å². The van der Waals surface area contributed by atoms with Crippen molar-refractivity contribution >= 4 is 17.5 Å². The molecule has 0 aliphatic rings. The van der Waals surface area contributed by atoms with E-state index in [1.54, 1.807) is 0 Å². The first-order valence-corrected chi connectivity index (χ1v) is 7.24. The quantitative estimate of drug-likeness (QED) is 0.520. The summed E-state index contributed by atoms with van der Waals surface area (Å²) in [4.78, 5) is 11.7. The Balaban J connectivity index is 3.53. The van der Waals surface area contributed by atoms with Crippen LogP contribution >= 0.6 is 11.6 Å². The van der Waals surface area contributed by atoms with E-state index >= 15 is 0 Å². The first kappa shape index (κ1) is 16.8. The van der Waals surface area contributed by atoms with Gasteiger partial charge in [-0.25, -0.2) is 0 Å². The summed E-state index contributed by atoms with van der Waals surface area (Å²) < 4.78 is 0. The number of carbonyl (C=O) groups is 1. The number of hydrogen-bond donors (Lipinski definition) is 1. The molecule has 2 nitrogen and oxygen atoms in total. The van der Waals surface area contributed by atoms with Gasteiger partial charge in [0.2, 0.25) is 5.91 Å². The van der Waals surface area contributed by atoms with Crippen molar-refractivity contribution < 1.29 is 4.79 Å². The highest BCUT2D eigenvalue weighted by atomic mass is 35.5. The Hall–Kier alpha value is -0.240. The summed E-state index contributed by atoms with van der Waals surface area (Å²) in [6.45, 7) is 9.48. The number of hydrogen-bond acceptors (Lipinski definition) is 1. The van der Waals surface area contributed by atoms with Gasteiger partial charge in [0, 0.05) is 18.8 Å². The SMILES string of the molecule is CC(CC(=O)NCCCCCCCl)C(C)(C)C. The second-order valence-corrected chi connectivity index (χ2v) is 6.30. The van der Waals surface area contributed by atoms with Gasteiger partial charge in [0.25, 0.3) is 0 Å². The molecule has 102 valence electrons. The molecule has 1 amide bonds. The summed E-state index contributed by atoms with van der Waals surface area (Å²) in [5, 5.41) is 2.99. The summed E-state index contributed by atoms with van der Waals surface area (Å²) >= 11 is 5.60. The summed E-state index contributed by atoms with van der Waals surface area (Å²) in [5.74, 6) is 1.35. The Kier molecular flexibility index (Phi) is 8.67. The van der Waals surface area contributed by atoms with Gasteiger partial charge in [-0.2, -0.15) is 0 Å². The van der Waals surface area contributed by atoms with Gasteiger partial charge in [-0.05, 0) is 24.2 Å². The number of unbranched alkanes of at least 4 members (excludes halogenated alkanes) is 3. The second-order valence-electron chi connectivity index (χ2n) is 5.92. The number of carbonyl (C=O) groups excluding carboxylic acids is 1. The fraction of sp³-hybridized carbons (Fsp3) is 0.929. The highest BCUT2D eigenvalue weighted by Crippen LogP contribution is 2.27. The van der Waals surface area contributed by atoms with E-state index in [2.05, 4.69) is 33.0 Å². The average Bonchev–Trinajstić information content (AvgIpc) is 2.21. The summed E-state index contributed by atoms with van der Waals surface area (Å²) in [5.41, 5.74) is 0.206. The van der Waals surface area contributed by atoms with Crippen LogP contribution in [0, 0.1) is 11.3 Å². The maximum Gasteiger partial charge on any atom is 0.220 e. The van der Waals surface area contributed by atoms with Gasteiger partial charge in [-0.3, -0.25) is 4.79 Å². The molecule has 0 spiro atoms. The maximum absolute atomic E-state index is 11.7. The third kappa shape index (κ3) is 9.46. The molecule has 0 rings (SSSR count). The maximum atomic E-state index is 11.7. The van der Waals surface area contributed by atoms with Crippen LogP contribution in [0.4, 0.5) is 0 Å². The van der Waals surface area contributed by atoms with Crippen molar-refractivity contribution in [2.75, 3.05) is 12.4 Å². The largest absolute Gasteiger partial charge is 0.356 e. The van der Waals surface area contributed by atoms with Crippen molar-refractivity contribution in [2.24, 2.45) is 11.3 Å². The number of alkyl halides is 1. The first-order chi connectivity index (χ1) is 7.88. The molecule has 0 saturated heterocycles. The summed E-state index contributed by atoms with van der Waals surface area (Å²) in [6, 6.07) is 0. The third-order valence-corrected chi connectivity index (χ3v) is 3.62. The normalized spacial score (nSPS) is 13.5. The van der Waals surface area contributed by atoms with E-state index in [-0.39, 0.29) is 11.3 Å². The lowest BCUT2D eigenvalue weighted by molar-refractivity contribution is -0.122. The van der Waals surface area contributed by atoms with Crippen LogP contribution in [0.2, 0.25) is 0 Å². The van der Waals surface area contributed by atoms with E-state index in [0.29, 0.717) is 12.3 Å². The van der Waals surface area contributed by atoms with Crippen LogP contribution < -0.4 is 5.32 Å². The Morgan fingerprint density at radius 2 is 1.76 bits per heavy atom. The zero-order valence-electron chi connectivity index (χ0n) is 11.8. The van der Waals surface area contributed by atoms with E-state index in [9.17, 15) is 4.79 Å². The molecular weight excluding hydrogens is 234 g/mol. The van der Waals surface area contributed by atoms with Crippen molar-refractivity contribution in [3.8, 4) is 0 Å². The molecule has 0 aromatic rings. The monoisotopic (exact) mass is 261 g/mol. The standard InChI is InChI=1S/C14H28ClNO/c1-12(14(2,3)4)11-13(17)16-10-8-6-5-7-9-15/h12H,5-11H2,1-4H3,(H,16,17). The fourth-order valence-corrected chi connectivity index (χ4v) is 1.65. The van der Waals surface area contributed by atoms with Crippen LogP contribution in [-0.2, 0) is 4.79 Å². The van der Waals surface area contributed by atoms with Crippen LogP contribution in [0.1, 0.15) is 59.8 Å². The number of nitrogens with one attached hydrogen (secondary N) is 1. The Bertz CT molecular complexity index is 211. The van der Waals surface area contributed by atoms with Gasteiger partial charge >= 0.3 is 0 Å². The molecule has 0 aliphatic carbocycles. The van der Waals surface area contributed by atoms with Crippen molar-refractivity contribution in [2.45, 2.75) is 59.8 Å². The minimum Gasteiger partial charge on any atom is -0.356 e. The van der Waals surface area contributed by atoms with Gasteiger partial charge in [-0.15, -0.1) is 11.6 Å². The molecule has 0 aliphatic heterocycles. The Labute approximate surface area is 111 Å². The highest BCUT2D eigenvalue weighted by Gasteiger charge is 2.22. The predicted molar refractivity (Wildman–Crippen MR) is 75.4 cm³/mol. The predicted octanol–water partition coefficient (Wildman–Crippen LogP) is 3.97. The summed E-state index contributed by atoms with van der Waals surface area (Å²) in [6.07, 6.45) is 5.09. The third-order valence-electron chi connectivity index (χ3n) is 3.35. The Morgan fingerprint density at radius 1 is 1.18 bits per heavy atom. The molecular formula is C14H28ClNO. The number of halogens is 1. The van der Waals surface area contributed by atoms with E-state index < -0.39 is 0 Å². The first-order valence-electron chi connectivity index (χ1n) is 6.70. The summed E-state index contributed by atoms with van der Waals surface area (Å²) in [7, 11) is 0. The molecule has 1 N–H and O–H groups in total. The van der Waals surface area contributed by atoms with Gasteiger partial charge in [-0.1, -0.05) is 40.5 Å². The van der Waals surface area contributed by atoms with Crippen LogP contribution in [0.5, 0.6) is 0 Å². The van der Waals surface area contributed by atoms with Crippen molar-refractivity contribution in [1.82, 2.24) is 5.32 Å². The van der Waals surface area contributed by atoms with Gasteiger partial charge in [0.1, 0.15) is 0 Å². The van der Waals surface area contributed by atoms with E-state index in [1.807, 2.05) is 0 Å². The fourth-order valence-electron chi connectivity index (χ4n) is 1.46. The topological polar surface area (TPSA) is 29.1 Å². The molecule has 17 heavy (non-hydrogen) atoms. The van der Waals surface area contributed by atoms with Crippen molar-refractivity contribution in [3.05, 3.63) is 0 Å². The average molecular weight is 262 g/mol. The van der Waals surface area contributed by atoms with E-state index in [1.165, 1.54) is 0 Å². The highest BCUT2D eigenvalue weighted by molar-refractivity contribution is 6.17. The minimum atomic E-state index is 0.185. The van der Waals surface area contributed by atoms with E-state index in [4.69, 9.17) is 11.6 Å². The lowest BCUT2D eigenvalue weighted by Crippen LogP contribution is -2.29. The molecule has 3 heteroatoms. The molecule has 0 bridgehead atoms. The molecule has 0 heterocycles. The van der Waals surface area contributed by atoms with Crippen LogP contribution in [-0.4, -0.2) is 18.3 Å². The van der Waals surface area contributed by atoms with Gasteiger partial charge in [0.05, 0.1) is 0 Å². The van der Waals surface area contributed by atoms with Crippen molar-refractivity contribution in [1.29, 1.82) is 0 Å². The molecule has 0 aromatic heterocycles. The molecule has 0 fully saturated rings. The molecule has 0 saturated carbocycles. The second kappa shape index (κ2) is 8.79. The number of amides is 1. The molecule has 0 radical (unpaired) electrons. The van der Waals surface area contributed by atoms with E-state index in [0.717, 1.165) is 38.1 Å². The molecule has 1 atom stereocenters. The molecule has 0 aromatic carbocycles. The smallest absolute Gasteiger partial charge is 0.220 e. The number of rotatable bonds is 8. The van der Waals surface area contributed by atoms with Crippen LogP contribution in [0.25, 0.3) is 0 Å². The van der Waals surface area contributed by atoms with Crippen LogP contribution in [0.3, 0.4) is 0 Å². The zero-order chi connectivity index (χ0) is 13.3. The molecule has 1 unspecified atom stereocenters. The Morgan fingerprint density at radius 3 is 2.29 bits per heavy atom. The lowest BCUT2D eigenvalue weighted by atomic mass is 9.80. The minimum absolute atomic E-state index is 0.185. The zero-order valence-corrected chi connectivity index (χ0v) is 12.6. The van der Waals surface area contributed by atoms with Crippen LogP contribution in [0.15, 0.2) is 0 Å². The van der Waals surface area contributed by atoms with Gasteiger partial charge < -0.3 is 5.32 Å².